The van der Waals surface area contributed by atoms with E-state index in [1.54, 1.807) is 0 Å². The third kappa shape index (κ3) is 6.61. The van der Waals surface area contributed by atoms with Gasteiger partial charge in [0.15, 0.2) is 6.10 Å². The second-order valence-corrected chi connectivity index (χ2v) is 7.32. The van der Waals surface area contributed by atoms with E-state index in [0.717, 1.165) is 17.0 Å². The van der Waals surface area contributed by atoms with E-state index in [1.807, 2.05) is 31.2 Å². The smallest absolute Gasteiger partial charge is 0.250 e. The first kappa shape index (κ1) is 20.2. The second-order valence-electron chi connectivity index (χ2n) is 6.91. The highest BCUT2D eigenvalue weighted by molar-refractivity contribution is 6.31. The Morgan fingerprint density at radius 2 is 2.04 bits per heavy atom. The molecule has 1 amide bonds. The molecule has 1 saturated carbocycles. The summed E-state index contributed by atoms with van der Waals surface area (Å²) >= 11 is 6.15. The summed E-state index contributed by atoms with van der Waals surface area (Å²) in [5.41, 5.74) is 7.37. The van der Waals surface area contributed by atoms with Crippen LogP contribution in [0.1, 0.15) is 51.0 Å². The van der Waals surface area contributed by atoms with Crippen LogP contribution in [-0.4, -0.2) is 31.2 Å². The summed E-state index contributed by atoms with van der Waals surface area (Å²) in [7, 11) is 0. The van der Waals surface area contributed by atoms with Gasteiger partial charge in [-0.2, -0.15) is 0 Å². The standard InChI is InChI=1S/C20H31ClN2O2/c1-2-25-19(18(22)14-15-8-4-3-5-9-15)20(24)23-13-12-16-10-6-7-11-17(16)21/h6-7,10-11,15,18-19H,2-5,8-9,12-14,22H2,1H3,(H,23,24)/t18-,19?/m1/s1. The molecule has 2 atom stereocenters. The zero-order valence-corrected chi connectivity index (χ0v) is 15.9. The predicted molar refractivity (Wildman–Crippen MR) is 103 cm³/mol. The fourth-order valence-corrected chi connectivity index (χ4v) is 3.86. The van der Waals surface area contributed by atoms with Crippen LogP contribution >= 0.6 is 11.6 Å². The lowest BCUT2D eigenvalue weighted by molar-refractivity contribution is -0.134. The summed E-state index contributed by atoms with van der Waals surface area (Å²) < 4.78 is 5.67. The van der Waals surface area contributed by atoms with E-state index < -0.39 is 6.10 Å². The molecule has 1 aromatic rings. The minimum Gasteiger partial charge on any atom is -0.367 e. The molecule has 0 heterocycles. The molecule has 1 aliphatic rings. The maximum atomic E-state index is 12.5. The van der Waals surface area contributed by atoms with Gasteiger partial charge < -0.3 is 15.8 Å². The van der Waals surface area contributed by atoms with Gasteiger partial charge in [0.05, 0.1) is 0 Å². The minimum absolute atomic E-state index is 0.114. The summed E-state index contributed by atoms with van der Waals surface area (Å²) in [4.78, 5) is 12.5. The van der Waals surface area contributed by atoms with E-state index in [-0.39, 0.29) is 11.9 Å². The van der Waals surface area contributed by atoms with Crippen molar-refractivity contribution in [1.82, 2.24) is 5.32 Å². The van der Waals surface area contributed by atoms with Crippen molar-refractivity contribution in [1.29, 1.82) is 0 Å². The van der Waals surface area contributed by atoms with Crippen molar-refractivity contribution in [2.24, 2.45) is 11.7 Å². The lowest BCUT2D eigenvalue weighted by Gasteiger charge is -2.28. The molecule has 25 heavy (non-hydrogen) atoms. The fourth-order valence-electron chi connectivity index (χ4n) is 3.63. The Hall–Kier alpha value is -1.10. The molecule has 0 radical (unpaired) electrons. The van der Waals surface area contributed by atoms with Crippen LogP contribution in [-0.2, 0) is 16.0 Å². The summed E-state index contributed by atoms with van der Waals surface area (Å²) in [5.74, 6) is 0.514. The highest BCUT2D eigenvalue weighted by Gasteiger charge is 2.28. The molecule has 1 aliphatic carbocycles. The van der Waals surface area contributed by atoms with E-state index >= 15 is 0 Å². The monoisotopic (exact) mass is 366 g/mol. The molecule has 140 valence electrons. The Labute approximate surface area is 156 Å². The molecule has 4 nitrogen and oxygen atoms in total. The number of ether oxygens (including phenoxy) is 1. The van der Waals surface area contributed by atoms with Crippen LogP contribution in [0, 0.1) is 5.92 Å². The first-order valence-corrected chi connectivity index (χ1v) is 9.88. The molecular weight excluding hydrogens is 336 g/mol. The topological polar surface area (TPSA) is 64.3 Å². The quantitative estimate of drug-likeness (QED) is 0.700. The number of carbonyl (C=O) groups excluding carboxylic acids is 1. The normalized spacial score (nSPS) is 17.9. The maximum absolute atomic E-state index is 12.5. The zero-order chi connectivity index (χ0) is 18.1. The Bertz CT molecular complexity index is 532. The number of nitrogens with two attached hydrogens (primary N) is 1. The number of nitrogens with one attached hydrogen (secondary N) is 1. The highest BCUT2D eigenvalue weighted by Crippen LogP contribution is 2.27. The van der Waals surface area contributed by atoms with Gasteiger partial charge in [-0.05, 0) is 37.3 Å². The molecule has 2 rings (SSSR count). The van der Waals surface area contributed by atoms with Crippen molar-refractivity contribution in [2.45, 2.75) is 64.0 Å². The van der Waals surface area contributed by atoms with Gasteiger partial charge in [-0.3, -0.25) is 4.79 Å². The average molecular weight is 367 g/mol. The number of rotatable bonds is 9. The number of benzene rings is 1. The predicted octanol–water partition coefficient (Wildman–Crippen LogP) is 3.70. The van der Waals surface area contributed by atoms with Gasteiger partial charge in [-0.1, -0.05) is 61.9 Å². The summed E-state index contributed by atoms with van der Waals surface area (Å²) in [6, 6.07) is 7.44. The number of hydrogen-bond acceptors (Lipinski definition) is 3. The molecule has 0 aliphatic heterocycles. The molecule has 0 spiro atoms. The lowest BCUT2D eigenvalue weighted by atomic mass is 9.84. The second kappa shape index (κ2) is 10.8. The van der Waals surface area contributed by atoms with E-state index in [4.69, 9.17) is 22.1 Å². The van der Waals surface area contributed by atoms with E-state index in [9.17, 15) is 4.79 Å². The SMILES string of the molecule is CCOC(C(=O)NCCc1ccccc1Cl)[C@H](N)CC1CCCCC1. The van der Waals surface area contributed by atoms with Crippen molar-refractivity contribution in [3.8, 4) is 0 Å². The van der Waals surface area contributed by atoms with E-state index in [1.165, 1.54) is 32.1 Å². The van der Waals surface area contributed by atoms with Gasteiger partial charge in [0.2, 0.25) is 0 Å². The molecule has 0 saturated heterocycles. The molecule has 0 bridgehead atoms. The molecule has 5 heteroatoms. The summed E-state index contributed by atoms with van der Waals surface area (Å²) in [6.07, 6.45) is 7.31. The number of amides is 1. The lowest BCUT2D eigenvalue weighted by Crippen LogP contribution is -2.49. The minimum atomic E-state index is -0.571. The third-order valence-corrected chi connectivity index (χ3v) is 5.34. The van der Waals surface area contributed by atoms with Crippen LogP contribution in [0.3, 0.4) is 0 Å². The molecular formula is C20H31ClN2O2. The van der Waals surface area contributed by atoms with Crippen LogP contribution in [0.2, 0.25) is 5.02 Å². The highest BCUT2D eigenvalue weighted by atomic mass is 35.5. The number of halogens is 1. The average Bonchev–Trinajstić information content (AvgIpc) is 2.62. The largest absolute Gasteiger partial charge is 0.367 e. The van der Waals surface area contributed by atoms with Gasteiger partial charge in [-0.15, -0.1) is 0 Å². The first-order valence-electron chi connectivity index (χ1n) is 9.50. The van der Waals surface area contributed by atoms with Gasteiger partial charge in [-0.25, -0.2) is 0 Å². The van der Waals surface area contributed by atoms with Gasteiger partial charge in [0.1, 0.15) is 0 Å². The van der Waals surface area contributed by atoms with Crippen LogP contribution < -0.4 is 11.1 Å². The van der Waals surface area contributed by atoms with Gasteiger partial charge >= 0.3 is 0 Å². The van der Waals surface area contributed by atoms with Crippen molar-refractivity contribution >= 4 is 17.5 Å². The van der Waals surface area contributed by atoms with E-state index in [2.05, 4.69) is 5.32 Å². The van der Waals surface area contributed by atoms with E-state index in [0.29, 0.717) is 25.5 Å². The summed E-state index contributed by atoms with van der Waals surface area (Å²) in [6.45, 7) is 2.92. The molecule has 0 aromatic heterocycles. The first-order chi connectivity index (χ1) is 12.1. The van der Waals surface area contributed by atoms with Crippen LogP contribution in [0.15, 0.2) is 24.3 Å². The van der Waals surface area contributed by atoms with Crippen molar-refractivity contribution in [2.75, 3.05) is 13.2 Å². The Morgan fingerprint density at radius 3 is 2.72 bits per heavy atom. The number of carbonyl (C=O) groups is 1. The van der Waals surface area contributed by atoms with Crippen molar-refractivity contribution in [3.05, 3.63) is 34.9 Å². The Kier molecular flexibility index (Phi) is 8.73. The third-order valence-electron chi connectivity index (χ3n) is 4.98. The van der Waals surface area contributed by atoms with Crippen LogP contribution in [0.4, 0.5) is 0 Å². The molecule has 3 N–H and O–H groups in total. The van der Waals surface area contributed by atoms with Crippen molar-refractivity contribution < 1.29 is 9.53 Å². The maximum Gasteiger partial charge on any atom is 0.250 e. The Balaban J connectivity index is 1.82. The van der Waals surface area contributed by atoms with Gasteiger partial charge in [0.25, 0.3) is 5.91 Å². The van der Waals surface area contributed by atoms with Crippen LogP contribution in [0.25, 0.3) is 0 Å². The summed E-state index contributed by atoms with van der Waals surface area (Å²) in [5, 5.41) is 3.69. The number of hydrogen-bond donors (Lipinski definition) is 2. The van der Waals surface area contributed by atoms with Gasteiger partial charge in [0, 0.05) is 24.2 Å². The van der Waals surface area contributed by atoms with Crippen LogP contribution in [0.5, 0.6) is 0 Å². The van der Waals surface area contributed by atoms with Crippen molar-refractivity contribution in [3.63, 3.8) is 0 Å². The zero-order valence-electron chi connectivity index (χ0n) is 15.2. The Morgan fingerprint density at radius 1 is 1.32 bits per heavy atom. The molecule has 1 fully saturated rings. The molecule has 1 unspecified atom stereocenters. The molecule has 1 aromatic carbocycles. The fraction of sp³-hybridized carbons (Fsp3) is 0.650.